The molecule has 1 aliphatic rings. The molecule has 0 spiro atoms. The maximum atomic E-state index is 11.2. The van der Waals surface area contributed by atoms with E-state index >= 15 is 0 Å². The molecular weight excluding hydrogens is 266 g/mol. The second-order valence-electron chi connectivity index (χ2n) is 6.38. The first-order chi connectivity index (χ1) is 10.1. The van der Waals surface area contributed by atoms with Gasteiger partial charge in [-0.15, -0.1) is 0 Å². The van der Waals surface area contributed by atoms with E-state index in [1.54, 1.807) is 6.20 Å². The quantitative estimate of drug-likeness (QED) is 0.904. The van der Waals surface area contributed by atoms with E-state index in [4.69, 9.17) is 0 Å². The number of carboxylic acids is 1. The van der Waals surface area contributed by atoms with Gasteiger partial charge in [0.15, 0.2) is 5.65 Å². The minimum absolute atomic E-state index is 0.146. The fourth-order valence-corrected chi connectivity index (χ4v) is 3.53. The van der Waals surface area contributed by atoms with Crippen LogP contribution in [0, 0.1) is 12.3 Å². The molecular formula is C16H21N3O2. The highest BCUT2D eigenvalue weighted by Crippen LogP contribution is 2.41. The summed E-state index contributed by atoms with van der Waals surface area (Å²) in [6.45, 7) is 2.00. The van der Waals surface area contributed by atoms with Gasteiger partial charge in [0, 0.05) is 12.6 Å². The van der Waals surface area contributed by atoms with Crippen LogP contribution < -0.4 is 0 Å². The second kappa shape index (κ2) is 5.47. The van der Waals surface area contributed by atoms with Gasteiger partial charge in [0.1, 0.15) is 5.82 Å². The zero-order valence-electron chi connectivity index (χ0n) is 12.4. The smallest absolute Gasteiger partial charge is 0.303 e. The molecule has 0 atom stereocenters. The van der Waals surface area contributed by atoms with Crippen molar-refractivity contribution in [2.75, 3.05) is 0 Å². The molecule has 0 aliphatic heterocycles. The van der Waals surface area contributed by atoms with Crippen LogP contribution in [0.1, 0.15) is 49.9 Å². The molecule has 0 saturated heterocycles. The summed E-state index contributed by atoms with van der Waals surface area (Å²) in [5.41, 5.74) is 2.60. The highest BCUT2D eigenvalue weighted by Gasteiger charge is 2.35. The molecule has 1 fully saturated rings. The topological polar surface area (TPSA) is 78.9 Å². The zero-order valence-corrected chi connectivity index (χ0v) is 12.4. The Bertz CT molecular complexity index is 657. The van der Waals surface area contributed by atoms with Gasteiger partial charge in [-0.1, -0.05) is 19.3 Å². The van der Waals surface area contributed by atoms with Crippen LogP contribution in [0.15, 0.2) is 12.3 Å². The van der Waals surface area contributed by atoms with Crippen molar-refractivity contribution in [3.8, 4) is 0 Å². The third-order valence-electron chi connectivity index (χ3n) is 4.51. The van der Waals surface area contributed by atoms with E-state index in [9.17, 15) is 9.90 Å². The van der Waals surface area contributed by atoms with Gasteiger partial charge in [-0.25, -0.2) is 9.97 Å². The van der Waals surface area contributed by atoms with E-state index in [0.717, 1.165) is 48.2 Å². The number of nitrogens with zero attached hydrogens (tertiary/aromatic N) is 2. The number of aromatic nitrogens is 3. The first-order valence-electron chi connectivity index (χ1n) is 7.59. The lowest BCUT2D eigenvalue weighted by atomic mass is 9.69. The molecule has 5 heteroatoms. The Morgan fingerprint density at radius 2 is 2.14 bits per heavy atom. The lowest BCUT2D eigenvalue weighted by molar-refractivity contribution is -0.140. The van der Waals surface area contributed by atoms with Crippen LogP contribution in [0.2, 0.25) is 0 Å². The lowest BCUT2D eigenvalue weighted by Gasteiger charge is -2.35. The van der Waals surface area contributed by atoms with Gasteiger partial charge in [0.2, 0.25) is 0 Å². The Morgan fingerprint density at radius 1 is 1.38 bits per heavy atom. The molecule has 1 saturated carbocycles. The first kappa shape index (κ1) is 14.0. The van der Waals surface area contributed by atoms with E-state index in [-0.39, 0.29) is 11.8 Å². The summed E-state index contributed by atoms with van der Waals surface area (Å²) in [5.74, 6) is 0.160. The van der Waals surface area contributed by atoms with Crippen LogP contribution >= 0.6 is 0 Å². The molecule has 2 N–H and O–H groups in total. The third-order valence-corrected chi connectivity index (χ3v) is 4.51. The first-order valence-corrected chi connectivity index (χ1v) is 7.59. The maximum Gasteiger partial charge on any atom is 0.303 e. The summed E-state index contributed by atoms with van der Waals surface area (Å²) in [7, 11) is 0. The number of aryl methyl sites for hydroxylation is 1. The molecule has 2 aromatic rings. The van der Waals surface area contributed by atoms with Gasteiger partial charge >= 0.3 is 5.97 Å². The van der Waals surface area contributed by atoms with Crippen LogP contribution in [-0.2, 0) is 11.2 Å². The van der Waals surface area contributed by atoms with Crippen LogP contribution in [-0.4, -0.2) is 26.0 Å². The molecule has 5 nitrogen and oxygen atoms in total. The third kappa shape index (κ3) is 3.06. The number of fused-ring (bicyclic) bond motifs is 1. The van der Waals surface area contributed by atoms with Crippen molar-refractivity contribution in [2.24, 2.45) is 5.41 Å². The lowest BCUT2D eigenvalue weighted by Crippen LogP contribution is -2.30. The van der Waals surface area contributed by atoms with Crippen LogP contribution in [0.3, 0.4) is 0 Å². The largest absolute Gasteiger partial charge is 0.481 e. The van der Waals surface area contributed by atoms with Gasteiger partial charge in [-0.2, -0.15) is 0 Å². The van der Waals surface area contributed by atoms with E-state index in [1.165, 1.54) is 6.42 Å². The fourth-order valence-electron chi connectivity index (χ4n) is 3.53. The Labute approximate surface area is 123 Å². The summed E-state index contributed by atoms with van der Waals surface area (Å²) in [5, 5.41) is 9.24. The molecule has 2 heterocycles. The average molecular weight is 287 g/mol. The molecule has 21 heavy (non-hydrogen) atoms. The molecule has 0 amide bonds. The number of carboxylic acid groups (broad SMARTS) is 1. The zero-order chi connectivity index (χ0) is 14.9. The van der Waals surface area contributed by atoms with Crippen LogP contribution in [0.4, 0.5) is 0 Å². The van der Waals surface area contributed by atoms with Crippen molar-refractivity contribution >= 4 is 17.1 Å². The Hall–Kier alpha value is -1.91. The molecule has 3 rings (SSSR count). The predicted molar refractivity (Wildman–Crippen MR) is 80.1 cm³/mol. The van der Waals surface area contributed by atoms with Crippen LogP contribution in [0.25, 0.3) is 11.2 Å². The number of aliphatic carboxylic acids is 1. The van der Waals surface area contributed by atoms with Crippen molar-refractivity contribution < 1.29 is 9.90 Å². The summed E-state index contributed by atoms with van der Waals surface area (Å²) in [6, 6.07) is 2.03. The Balaban J connectivity index is 1.88. The van der Waals surface area contributed by atoms with Crippen molar-refractivity contribution in [2.45, 2.75) is 51.9 Å². The highest BCUT2D eigenvalue weighted by molar-refractivity contribution is 5.71. The number of nitrogens with one attached hydrogen (secondary N) is 1. The van der Waals surface area contributed by atoms with E-state index in [1.807, 2.05) is 13.0 Å². The van der Waals surface area contributed by atoms with Gasteiger partial charge < -0.3 is 10.1 Å². The number of aromatic amines is 1. The Morgan fingerprint density at radius 3 is 2.86 bits per heavy atom. The maximum absolute atomic E-state index is 11.2. The van der Waals surface area contributed by atoms with Gasteiger partial charge in [0.25, 0.3) is 0 Å². The number of pyridine rings is 1. The monoisotopic (exact) mass is 287 g/mol. The second-order valence-corrected chi connectivity index (χ2v) is 6.38. The average Bonchev–Trinajstić information content (AvgIpc) is 2.79. The molecule has 0 aromatic carbocycles. The molecule has 2 aromatic heterocycles. The minimum Gasteiger partial charge on any atom is -0.481 e. The number of carbonyl (C=O) groups is 1. The molecule has 1 aliphatic carbocycles. The number of imidazole rings is 1. The molecule has 0 bridgehead atoms. The number of H-pyrrole nitrogens is 1. The summed E-state index contributed by atoms with van der Waals surface area (Å²) in [4.78, 5) is 23.4. The van der Waals surface area contributed by atoms with Crippen molar-refractivity contribution in [3.05, 3.63) is 23.7 Å². The highest BCUT2D eigenvalue weighted by atomic mass is 16.4. The number of hydrogen-bond acceptors (Lipinski definition) is 3. The van der Waals surface area contributed by atoms with Gasteiger partial charge in [0.05, 0.1) is 11.9 Å². The molecule has 112 valence electrons. The van der Waals surface area contributed by atoms with E-state index in [0.29, 0.717) is 6.42 Å². The number of hydrogen-bond donors (Lipinski definition) is 2. The molecule has 0 unspecified atom stereocenters. The normalized spacial score (nSPS) is 18.0. The summed E-state index contributed by atoms with van der Waals surface area (Å²) in [6.07, 6.45) is 8.13. The van der Waals surface area contributed by atoms with Gasteiger partial charge in [-0.05, 0) is 36.8 Å². The van der Waals surface area contributed by atoms with Crippen molar-refractivity contribution in [1.29, 1.82) is 0 Å². The fraction of sp³-hybridized carbons (Fsp3) is 0.562. The molecule has 0 radical (unpaired) electrons. The van der Waals surface area contributed by atoms with E-state index < -0.39 is 5.97 Å². The Kier molecular flexibility index (Phi) is 3.66. The standard InChI is InChI=1S/C16H21N3O2/c1-11-7-12-15(17-10-11)19-13(18-12)8-16(9-14(20)21)5-3-2-4-6-16/h7,10H,2-6,8-9H2,1H3,(H,20,21)(H,17,18,19). The van der Waals surface area contributed by atoms with Gasteiger partial charge in [-0.3, -0.25) is 4.79 Å². The van der Waals surface area contributed by atoms with Crippen molar-refractivity contribution in [3.63, 3.8) is 0 Å². The summed E-state index contributed by atoms with van der Waals surface area (Å²) >= 11 is 0. The summed E-state index contributed by atoms with van der Waals surface area (Å²) < 4.78 is 0. The number of rotatable bonds is 4. The van der Waals surface area contributed by atoms with E-state index in [2.05, 4.69) is 15.0 Å². The SMILES string of the molecule is Cc1cnc2nc(CC3(CC(=O)O)CCCCC3)[nH]c2c1. The predicted octanol–water partition coefficient (Wildman–Crippen LogP) is 3.23. The van der Waals surface area contributed by atoms with Crippen LogP contribution in [0.5, 0.6) is 0 Å². The minimum atomic E-state index is -0.706. The van der Waals surface area contributed by atoms with Crippen molar-refractivity contribution in [1.82, 2.24) is 15.0 Å².